The van der Waals surface area contributed by atoms with Crippen molar-refractivity contribution in [3.8, 4) is 0 Å². The van der Waals surface area contributed by atoms with Crippen molar-refractivity contribution in [3.05, 3.63) is 69.6 Å². The second-order valence-corrected chi connectivity index (χ2v) is 4.42. The van der Waals surface area contributed by atoms with Crippen molar-refractivity contribution in [2.24, 2.45) is 0 Å². The van der Waals surface area contributed by atoms with Crippen LogP contribution in [-0.4, -0.2) is 0 Å². The van der Waals surface area contributed by atoms with Gasteiger partial charge in [0.2, 0.25) is 0 Å². The molecule has 0 aromatic heterocycles. The fourth-order valence-corrected chi connectivity index (χ4v) is 1.44. The lowest BCUT2D eigenvalue weighted by molar-refractivity contribution is 1.66. The summed E-state index contributed by atoms with van der Waals surface area (Å²) in [6, 6.07) is 19.9. The Morgan fingerprint density at radius 3 is 0.933 bits per heavy atom. The SMILES string of the molecule is Brc1ccccc1.Brc1ccccc1.[P]. The summed E-state index contributed by atoms with van der Waals surface area (Å²) in [5.74, 6) is 0. The summed E-state index contributed by atoms with van der Waals surface area (Å²) >= 11 is 6.62. The molecule has 77 valence electrons. The highest BCUT2D eigenvalue weighted by atomic mass is 79.9. The predicted molar refractivity (Wildman–Crippen MR) is 75.2 cm³/mol. The highest BCUT2D eigenvalue weighted by Gasteiger charge is 1.75. The van der Waals surface area contributed by atoms with E-state index in [-0.39, 0.29) is 9.90 Å². The van der Waals surface area contributed by atoms with Crippen molar-refractivity contribution in [2.75, 3.05) is 0 Å². The third-order valence-corrected chi connectivity index (χ3v) is 2.52. The monoisotopic (exact) mass is 343 g/mol. The molecule has 2 aromatic rings. The molecular formula is C12H10Br2P. The van der Waals surface area contributed by atoms with Gasteiger partial charge in [-0.25, -0.2) is 0 Å². The van der Waals surface area contributed by atoms with E-state index < -0.39 is 0 Å². The average molecular weight is 345 g/mol. The maximum Gasteiger partial charge on any atom is 0.0175 e. The number of hydrogen-bond acceptors (Lipinski definition) is 0. The molecule has 0 spiro atoms. The van der Waals surface area contributed by atoms with E-state index in [0.29, 0.717) is 0 Å². The fraction of sp³-hybridized carbons (Fsp3) is 0. The molecule has 2 aromatic carbocycles. The van der Waals surface area contributed by atoms with Gasteiger partial charge in [-0.3, -0.25) is 0 Å². The van der Waals surface area contributed by atoms with Gasteiger partial charge in [0, 0.05) is 18.8 Å². The quantitative estimate of drug-likeness (QED) is 0.533. The van der Waals surface area contributed by atoms with Crippen LogP contribution in [-0.2, 0) is 0 Å². The summed E-state index contributed by atoms with van der Waals surface area (Å²) < 4.78 is 2.27. The molecule has 0 aliphatic carbocycles. The van der Waals surface area contributed by atoms with Gasteiger partial charge >= 0.3 is 0 Å². The minimum absolute atomic E-state index is 0. The number of benzene rings is 2. The standard InChI is InChI=1S/2C6H5Br.P/c2*7-6-4-2-1-3-5-6;/h2*1-5H;. The molecule has 0 heterocycles. The molecule has 2 rings (SSSR count). The Bertz CT molecular complexity index is 311. The molecule has 0 nitrogen and oxygen atoms in total. The van der Waals surface area contributed by atoms with Crippen LogP contribution in [0, 0.1) is 0 Å². The molecule has 0 fully saturated rings. The Balaban J connectivity index is 0.000000245. The van der Waals surface area contributed by atoms with Crippen molar-refractivity contribution < 1.29 is 0 Å². The van der Waals surface area contributed by atoms with E-state index in [2.05, 4.69) is 31.9 Å². The first-order valence-corrected chi connectivity index (χ1v) is 5.79. The zero-order valence-corrected chi connectivity index (χ0v) is 12.0. The van der Waals surface area contributed by atoms with Gasteiger partial charge < -0.3 is 0 Å². The minimum Gasteiger partial charge on any atom is -0.0622 e. The van der Waals surface area contributed by atoms with Crippen molar-refractivity contribution in [1.29, 1.82) is 0 Å². The highest BCUT2D eigenvalue weighted by Crippen LogP contribution is 2.05. The van der Waals surface area contributed by atoms with E-state index in [1.54, 1.807) is 0 Å². The second-order valence-electron chi connectivity index (χ2n) is 2.59. The lowest BCUT2D eigenvalue weighted by atomic mass is 10.4. The van der Waals surface area contributed by atoms with Crippen LogP contribution < -0.4 is 0 Å². The molecule has 15 heavy (non-hydrogen) atoms. The largest absolute Gasteiger partial charge is 0.0622 e. The van der Waals surface area contributed by atoms with Crippen LogP contribution in [0.1, 0.15) is 0 Å². The first-order valence-electron chi connectivity index (χ1n) is 4.20. The van der Waals surface area contributed by atoms with Crippen LogP contribution in [0.5, 0.6) is 0 Å². The Labute approximate surface area is 111 Å². The van der Waals surface area contributed by atoms with Crippen molar-refractivity contribution in [1.82, 2.24) is 0 Å². The third kappa shape index (κ3) is 7.72. The normalized spacial score (nSPS) is 8.13. The summed E-state index contributed by atoms with van der Waals surface area (Å²) in [4.78, 5) is 0. The molecule has 3 heteroatoms. The summed E-state index contributed by atoms with van der Waals surface area (Å²) in [5.41, 5.74) is 0. The minimum atomic E-state index is 0. The van der Waals surface area contributed by atoms with Crippen LogP contribution in [0.15, 0.2) is 69.6 Å². The first-order chi connectivity index (χ1) is 6.79. The van der Waals surface area contributed by atoms with Gasteiger partial charge in [0.1, 0.15) is 0 Å². The van der Waals surface area contributed by atoms with Gasteiger partial charge in [-0.15, -0.1) is 0 Å². The second kappa shape index (κ2) is 9.08. The van der Waals surface area contributed by atoms with Gasteiger partial charge in [-0.1, -0.05) is 68.3 Å². The smallest absolute Gasteiger partial charge is 0.0175 e. The van der Waals surface area contributed by atoms with Gasteiger partial charge in [-0.05, 0) is 24.3 Å². The van der Waals surface area contributed by atoms with Crippen molar-refractivity contribution in [2.45, 2.75) is 0 Å². The summed E-state index contributed by atoms with van der Waals surface area (Å²) in [7, 11) is 0. The van der Waals surface area contributed by atoms with Crippen LogP contribution in [0.2, 0.25) is 0 Å². The van der Waals surface area contributed by atoms with Crippen molar-refractivity contribution in [3.63, 3.8) is 0 Å². The summed E-state index contributed by atoms with van der Waals surface area (Å²) in [6.07, 6.45) is 0. The molecule has 0 aliphatic heterocycles. The highest BCUT2D eigenvalue weighted by molar-refractivity contribution is 9.10. The topological polar surface area (TPSA) is 0 Å². The van der Waals surface area contributed by atoms with Gasteiger partial charge in [0.05, 0.1) is 0 Å². The van der Waals surface area contributed by atoms with E-state index in [1.165, 1.54) is 0 Å². The molecule has 0 saturated heterocycles. The zero-order chi connectivity index (χ0) is 10.2. The molecule has 0 amide bonds. The average Bonchev–Trinajstić information content (AvgIpc) is 2.21. The Hall–Kier alpha value is -0.170. The fourth-order valence-electron chi connectivity index (χ4n) is 0.829. The lowest BCUT2D eigenvalue weighted by Crippen LogP contribution is -1.55. The molecule has 0 unspecified atom stereocenters. The van der Waals surface area contributed by atoms with Gasteiger partial charge in [0.15, 0.2) is 0 Å². The predicted octanol–water partition coefficient (Wildman–Crippen LogP) is 5.76. The van der Waals surface area contributed by atoms with E-state index in [9.17, 15) is 0 Å². The Morgan fingerprint density at radius 1 is 0.533 bits per heavy atom. The summed E-state index contributed by atoms with van der Waals surface area (Å²) in [6.45, 7) is 0. The van der Waals surface area contributed by atoms with Crippen LogP contribution in [0.25, 0.3) is 0 Å². The van der Waals surface area contributed by atoms with Gasteiger partial charge in [-0.2, -0.15) is 0 Å². The molecular weight excluding hydrogens is 335 g/mol. The van der Waals surface area contributed by atoms with E-state index >= 15 is 0 Å². The third-order valence-electron chi connectivity index (χ3n) is 1.47. The molecule has 0 atom stereocenters. The zero-order valence-electron chi connectivity index (χ0n) is 7.98. The Morgan fingerprint density at radius 2 is 0.800 bits per heavy atom. The summed E-state index contributed by atoms with van der Waals surface area (Å²) in [5, 5.41) is 0. The van der Waals surface area contributed by atoms with Gasteiger partial charge in [0.25, 0.3) is 0 Å². The van der Waals surface area contributed by atoms with E-state index in [0.717, 1.165) is 8.95 Å². The van der Waals surface area contributed by atoms with E-state index in [1.807, 2.05) is 60.7 Å². The first kappa shape index (κ1) is 14.8. The molecule has 3 radical (unpaired) electrons. The van der Waals surface area contributed by atoms with E-state index in [4.69, 9.17) is 0 Å². The molecule has 0 saturated carbocycles. The maximum absolute atomic E-state index is 3.31. The lowest BCUT2D eigenvalue weighted by Gasteiger charge is -1.80. The molecule has 0 N–H and O–H groups in total. The van der Waals surface area contributed by atoms with Crippen LogP contribution in [0.3, 0.4) is 0 Å². The van der Waals surface area contributed by atoms with Crippen molar-refractivity contribution >= 4 is 41.8 Å². The Kier molecular flexibility index (Phi) is 8.98. The molecule has 0 aliphatic rings. The number of rotatable bonds is 0. The number of halogens is 2. The molecule has 0 bridgehead atoms. The maximum atomic E-state index is 3.31. The number of hydrogen-bond donors (Lipinski definition) is 0. The van der Waals surface area contributed by atoms with Crippen LogP contribution >= 0.6 is 41.8 Å². The van der Waals surface area contributed by atoms with Crippen LogP contribution in [0.4, 0.5) is 0 Å².